The van der Waals surface area contributed by atoms with Gasteiger partial charge in [0.15, 0.2) is 0 Å². The number of rotatable bonds is 7. The molecule has 1 saturated heterocycles. The molecule has 2 aliphatic rings. The Hall–Kier alpha value is -0.670. The predicted molar refractivity (Wildman–Crippen MR) is 87.4 cm³/mol. The number of hydrogen-bond acceptors (Lipinski definition) is 3. The van der Waals surface area contributed by atoms with Gasteiger partial charge in [-0.2, -0.15) is 0 Å². The molecule has 3 heteroatoms. The van der Waals surface area contributed by atoms with Crippen LogP contribution in [0.3, 0.4) is 0 Å². The molecule has 1 unspecified atom stereocenters. The molecule has 114 valence electrons. The SMILES string of the molecule is CCN(CC)CCCC1CCN(C2(C)C=CC=N2)CC1. The molecule has 0 aromatic carbocycles. The number of aliphatic imine (C=N–C) groups is 1. The Labute approximate surface area is 124 Å². The maximum Gasteiger partial charge on any atom is 0.129 e. The van der Waals surface area contributed by atoms with Crippen molar-refractivity contribution in [1.82, 2.24) is 9.80 Å². The molecule has 0 aromatic heterocycles. The summed E-state index contributed by atoms with van der Waals surface area (Å²) in [5.41, 5.74) is -0.0494. The van der Waals surface area contributed by atoms with Gasteiger partial charge in [0, 0.05) is 19.3 Å². The lowest BCUT2D eigenvalue weighted by Crippen LogP contribution is -2.47. The van der Waals surface area contributed by atoms with E-state index in [0.717, 1.165) is 5.92 Å². The van der Waals surface area contributed by atoms with Crippen molar-refractivity contribution in [2.75, 3.05) is 32.7 Å². The van der Waals surface area contributed by atoms with Crippen LogP contribution >= 0.6 is 0 Å². The third kappa shape index (κ3) is 3.92. The first-order valence-electron chi connectivity index (χ1n) is 8.38. The van der Waals surface area contributed by atoms with Gasteiger partial charge < -0.3 is 4.90 Å². The van der Waals surface area contributed by atoms with Crippen LogP contribution in [0.1, 0.15) is 46.5 Å². The Balaban J connectivity index is 1.67. The number of piperidine rings is 1. The molecule has 2 aliphatic heterocycles. The third-order valence-electron chi connectivity index (χ3n) is 5.07. The van der Waals surface area contributed by atoms with Crippen molar-refractivity contribution < 1.29 is 0 Å². The Morgan fingerprint density at radius 1 is 1.25 bits per heavy atom. The molecule has 0 saturated carbocycles. The third-order valence-corrected chi connectivity index (χ3v) is 5.07. The highest BCUT2D eigenvalue weighted by Gasteiger charge is 2.32. The lowest BCUT2D eigenvalue weighted by Gasteiger charge is -2.40. The molecular weight excluding hydrogens is 246 g/mol. The summed E-state index contributed by atoms with van der Waals surface area (Å²) < 4.78 is 0. The molecule has 0 bridgehead atoms. The highest BCUT2D eigenvalue weighted by molar-refractivity contribution is 5.75. The van der Waals surface area contributed by atoms with Crippen molar-refractivity contribution in [2.45, 2.75) is 52.1 Å². The van der Waals surface area contributed by atoms with Gasteiger partial charge in [-0.3, -0.25) is 9.89 Å². The molecule has 20 heavy (non-hydrogen) atoms. The van der Waals surface area contributed by atoms with E-state index in [0.29, 0.717) is 0 Å². The van der Waals surface area contributed by atoms with Crippen LogP contribution in [-0.4, -0.2) is 54.4 Å². The number of hydrogen-bond donors (Lipinski definition) is 0. The van der Waals surface area contributed by atoms with Gasteiger partial charge in [0.05, 0.1) is 0 Å². The molecule has 0 amide bonds. The van der Waals surface area contributed by atoms with Gasteiger partial charge in [0.1, 0.15) is 5.66 Å². The molecule has 0 aromatic rings. The van der Waals surface area contributed by atoms with Gasteiger partial charge in [-0.15, -0.1) is 0 Å². The quantitative estimate of drug-likeness (QED) is 0.712. The summed E-state index contributed by atoms with van der Waals surface area (Å²) in [5.74, 6) is 0.930. The molecule has 0 aliphatic carbocycles. The zero-order chi connectivity index (χ0) is 14.4. The van der Waals surface area contributed by atoms with Gasteiger partial charge in [0.25, 0.3) is 0 Å². The van der Waals surface area contributed by atoms with E-state index >= 15 is 0 Å². The van der Waals surface area contributed by atoms with Crippen LogP contribution in [0.25, 0.3) is 0 Å². The Kier molecular flexibility index (Phi) is 5.79. The summed E-state index contributed by atoms with van der Waals surface area (Å²) in [4.78, 5) is 9.68. The van der Waals surface area contributed by atoms with E-state index in [1.54, 1.807) is 0 Å². The Bertz CT molecular complexity index is 324. The maximum absolute atomic E-state index is 4.61. The van der Waals surface area contributed by atoms with Crippen molar-refractivity contribution in [3.8, 4) is 0 Å². The van der Waals surface area contributed by atoms with Crippen LogP contribution in [0, 0.1) is 5.92 Å². The minimum atomic E-state index is -0.0494. The standard InChI is InChI=1S/C17H31N3/c1-4-19(5-2)13-6-8-16-9-14-20(15-10-16)17(3)11-7-12-18-17/h7,11-12,16H,4-6,8-10,13-15H2,1-3H3. The van der Waals surface area contributed by atoms with Crippen LogP contribution in [0.5, 0.6) is 0 Å². The molecule has 2 rings (SSSR count). The van der Waals surface area contributed by atoms with Gasteiger partial charge in [-0.1, -0.05) is 13.8 Å². The van der Waals surface area contributed by atoms with Crippen molar-refractivity contribution >= 4 is 6.21 Å². The highest BCUT2D eigenvalue weighted by atomic mass is 15.3. The van der Waals surface area contributed by atoms with Crippen molar-refractivity contribution in [3.05, 3.63) is 12.2 Å². The Morgan fingerprint density at radius 2 is 1.95 bits per heavy atom. The fourth-order valence-corrected chi connectivity index (χ4v) is 3.47. The number of allylic oxidation sites excluding steroid dienone is 1. The smallest absolute Gasteiger partial charge is 0.129 e. The Morgan fingerprint density at radius 3 is 2.50 bits per heavy atom. The molecular formula is C17H31N3. The molecule has 3 nitrogen and oxygen atoms in total. The molecule has 0 radical (unpaired) electrons. The first-order valence-corrected chi connectivity index (χ1v) is 8.38. The van der Waals surface area contributed by atoms with Crippen LogP contribution in [0.2, 0.25) is 0 Å². The zero-order valence-corrected chi connectivity index (χ0v) is 13.5. The minimum absolute atomic E-state index is 0.0494. The van der Waals surface area contributed by atoms with Gasteiger partial charge in [-0.25, -0.2) is 0 Å². The lowest BCUT2D eigenvalue weighted by molar-refractivity contribution is 0.0976. The average Bonchev–Trinajstić information content (AvgIpc) is 2.92. The first-order chi connectivity index (χ1) is 9.68. The second kappa shape index (κ2) is 7.37. The van der Waals surface area contributed by atoms with E-state index in [1.807, 2.05) is 6.21 Å². The van der Waals surface area contributed by atoms with Crippen molar-refractivity contribution in [2.24, 2.45) is 10.9 Å². The van der Waals surface area contributed by atoms with Gasteiger partial charge in [-0.05, 0) is 70.3 Å². The average molecular weight is 277 g/mol. The van der Waals surface area contributed by atoms with Crippen LogP contribution < -0.4 is 0 Å². The summed E-state index contributed by atoms with van der Waals surface area (Å²) in [6.07, 6.45) is 11.7. The monoisotopic (exact) mass is 277 g/mol. The number of nitrogens with zero attached hydrogens (tertiary/aromatic N) is 3. The zero-order valence-electron chi connectivity index (χ0n) is 13.5. The maximum atomic E-state index is 4.61. The fraction of sp³-hybridized carbons (Fsp3) is 0.824. The van der Waals surface area contributed by atoms with Crippen LogP contribution in [0.4, 0.5) is 0 Å². The molecule has 0 N–H and O–H groups in total. The topological polar surface area (TPSA) is 18.8 Å². The minimum Gasteiger partial charge on any atom is -0.304 e. The summed E-state index contributed by atoms with van der Waals surface area (Å²) in [6, 6.07) is 0. The van der Waals surface area contributed by atoms with E-state index in [9.17, 15) is 0 Å². The molecule has 0 spiro atoms. The van der Waals surface area contributed by atoms with E-state index < -0.39 is 0 Å². The highest BCUT2D eigenvalue weighted by Crippen LogP contribution is 2.29. The van der Waals surface area contributed by atoms with E-state index in [2.05, 4.69) is 47.7 Å². The van der Waals surface area contributed by atoms with Gasteiger partial charge in [0.2, 0.25) is 0 Å². The van der Waals surface area contributed by atoms with Crippen LogP contribution in [-0.2, 0) is 0 Å². The fourth-order valence-electron chi connectivity index (χ4n) is 3.47. The summed E-state index contributed by atoms with van der Waals surface area (Å²) in [5, 5.41) is 0. The van der Waals surface area contributed by atoms with E-state index in [-0.39, 0.29) is 5.66 Å². The molecule has 1 fully saturated rings. The van der Waals surface area contributed by atoms with E-state index in [4.69, 9.17) is 0 Å². The van der Waals surface area contributed by atoms with Crippen molar-refractivity contribution in [3.63, 3.8) is 0 Å². The first kappa shape index (κ1) is 15.7. The second-order valence-electron chi connectivity index (χ2n) is 6.33. The number of likely N-dealkylation sites (tertiary alicyclic amines) is 1. The van der Waals surface area contributed by atoms with Crippen molar-refractivity contribution in [1.29, 1.82) is 0 Å². The summed E-state index contributed by atoms with van der Waals surface area (Å²) in [6.45, 7) is 12.8. The van der Waals surface area contributed by atoms with Gasteiger partial charge >= 0.3 is 0 Å². The molecule has 2 heterocycles. The molecule has 1 atom stereocenters. The second-order valence-corrected chi connectivity index (χ2v) is 6.33. The predicted octanol–water partition coefficient (Wildman–Crippen LogP) is 3.18. The summed E-state index contributed by atoms with van der Waals surface area (Å²) in [7, 11) is 0. The largest absolute Gasteiger partial charge is 0.304 e. The lowest BCUT2D eigenvalue weighted by atomic mass is 9.90. The normalized spacial score (nSPS) is 27.8. The van der Waals surface area contributed by atoms with E-state index in [1.165, 1.54) is 58.4 Å². The van der Waals surface area contributed by atoms with Crippen LogP contribution in [0.15, 0.2) is 17.1 Å². The summed E-state index contributed by atoms with van der Waals surface area (Å²) >= 11 is 0.